The number of hydrogen-bond donors (Lipinski definition) is 0. The molecule has 0 spiro atoms. The SMILES string of the molecule is CCCCCCCCCCCC(=O)OC[C@H](COC(=O)CCCCCCCCCCCCCCCCCCC(C)C)OC(=O)CCCCCCCCCCCCCCC(C)C. The highest BCUT2D eigenvalue weighted by Crippen LogP contribution is 2.18. The smallest absolute Gasteiger partial charge is 0.306 e. The molecular weight excluding hydrogens is 757 g/mol. The summed E-state index contributed by atoms with van der Waals surface area (Å²) in [7, 11) is 0. The van der Waals surface area contributed by atoms with Crippen LogP contribution in [-0.4, -0.2) is 37.2 Å². The normalized spacial score (nSPS) is 12.0. The summed E-state index contributed by atoms with van der Waals surface area (Å²) in [5.74, 6) is 0.838. The van der Waals surface area contributed by atoms with E-state index in [9.17, 15) is 14.4 Å². The maximum atomic E-state index is 12.8. The lowest BCUT2D eigenvalue weighted by atomic mass is 10.0. The summed E-state index contributed by atoms with van der Waals surface area (Å²) in [6.07, 6.45) is 49.5. The number of rotatable bonds is 49. The molecule has 0 aliphatic rings. The van der Waals surface area contributed by atoms with Gasteiger partial charge in [-0.25, -0.2) is 0 Å². The van der Waals surface area contributed by atoms with Crippen LogP contribution in [0.25, 0.3) is 0 Å². The van der Waals surface area contributed by atoms with E-state index in [1.807, 2.05) is 0 Å². The lowest BCUT2D eigenvalue weighted by molar-refractivity contribution is -0.167. The Morgan fingerprint density at radius 3 is 0.803 bits per heavy atom. The number of esters is 3. The standard InChI is InChI=1S/C55H106O6/c1-6-7-8-9-10-23-30-35-40-45-53(56)59-48-52(61-55(58)47-42-37-32-27-22-18-17-20-25-29-34-39-44-51(4)5)49-60-54(57)46-41-36-31-26-21-16-14-12-11-13-15-19-24-28-33-38-43-50(2)3/h50-52H,6-49H2,1-5H3/t52-/m1/s1. The van der Waals surface area contributed by atoms with Crippen molar-refractivity contribution in [1.82, 2.24) is 0 Å². The van der Waals surface area contributed by atoms with E-state index < -0.39 is 6.10 Å². The van der Waals surface area contributed by atoms with E-state index in [1.165, 1.54) is 193 Å². The van der Waals surface area contributed by atoms with E-state index in [0.717, 1.165) is 69.6 Å². The van der Waals surface area contributed by atoms with E-state index in [1.54, 1.807) is 0 Å². The third-order valence-electron chi connectivity index (χ3n) is 12.5. The third-order valence-corrected chi connectivity index (χ3v) is 12.5. The van der Waals surface area contributed by atoms with Crippen LogP contribution >= 0.6 is 0 Å². The van der Waals surface area contributed by atoms with Crippen molar-refractivity contribution in [1.29, 1.82) is 0 Å². The lowest BCUT2D eigenvalue weighted by Gasteiger charge is -2.18. The van der Waals surface area contributed by atoms with Crippen molar-refractivity contribution in [2.24, 2.45) is 11.8 Å². The van der Waals surface area contributed by atoms with Crippen molar-refractivity contribution in [2.75, 3.05) is 13.2 Å². The molecule has 0 N–H and O–H groups in total. The van der Waals surface area contributed by atoms with Crippen molar-refractivity contribution in [3.8, 4) is 0 Å². The summed E-state index contributed by atoms with van der Waals surface area (Å²) >= 11 is 0. The molecule has 362 valence electrons. The molecule has 0 aliphatic heterocycles. The molecule has 61 heavy (non-hydrogen) atoms. The fourth-order valence-corrected chi connectivity index (χ4v) is 8.34. The van der Waals surface area contributed by atoms with E-state index in [-0.39, 0.29) is 31.1 Å². The molecule has 0 aromatic carbocycles. The molecule has 0 aliphatic carbocycles. The summed E-state index contributed by atoms with van der Waals surface area (Å²) in [6, 6.07) is 0. The minimum absolute atomic E-state index is 0.0632. The second kappa shape index (κ2) is 47.9. The van der Waals surface area contributed by atoms with Crippen LogP contribution in [0, 0.1) is 11.8 Å². The molecule has 0 bridgehead atoms. The second-order valence-electron chi connectivity index (χ2n) is 19.8. The van der Waals surface area contributed by atoms with Crippen molar-refractivity contribution >= 4 is 17.9 Å². The molecule has 0 heterocycles. The zero-order valence-corrected chi connectivity index (χ0v) is 41.8. The van der Waals surface area contributed by atoms with Crippen LogP contribution in [0.15, 0.2) is 0 Å². The van der Waals surface area contributed by atoms with E-state index in [0.29, 0.717) is 19.3 Å². The number of ether oxygens (including phenoxy) is 3. The maximum absolute atomic E-state index is 12.8. The first-order chi connectivity index (χ1) is 29.7. The van der Waals surface area contributed by atoms with Gasteiger partial charge in [-0.3, -0.25) is 14.4 Å². The van der Waals surface area contributed by atoms with Crippen LogP contribution in [0.3, 0.4) is 0 Å². The Kier molecular flexibility index (Phi) is 46.6. The zero-order valence-electron chi connectivity index (χ0n) is 41.8. The van der Waals surface area contributed by atoms with Gasteiger partial charge in [0.25, 0.3) is 0 Å². The fraction of sp³-hybridized carbons (Fsp3) is 0.945. The van der Waals surface area contributed by atoms with Gasteiger partial charge in [-0.15, -0.1) is 0 Å². The van der Waals surface area contributed by atoms with Crippen molar-refractivity contribution in [2.45, 2.75) is 310 Å². The quantitative estimate of drug-likeness (QED) is 0.0344. The van der Waals surface area contributed by atoms with Gasteiger partial charge in [-0.05, 0) is 31.1 Å². The molecule has 0 rings (SSSR count). The van der Waals surface area contributed by atoms with E-state index in [2.05, 4.69) is 34.6 Å². The maximum Gasteiger partial charge on any atom is 0.306 e. The summed E-state index contributed by atoms with van der Waals surface area (Å²) in [5, 5.41) is 0. The highest BCUT2D eigenvalue weighted by molar-refractivity contribution is 5.71. The number of hydrogen-bond acceptors (Lipinski definition) is 6. The Bertz CT molecular complexity index is 931. The predicted octanol–water partition coefficient (Wildman–Crippen LogP) is 17.7. The first-order valence-corrected chi connectivity index (χ1v) is 27.2. The molecule has 0 saturated heterocycles. The van der Waals surface area contributed by atoms with Crippen LogP contribution in [-0.2, 0) is 28.6 Å². The minimum atomic E-state index is -0.761. The average molecular weight is 863 g/mol. The highest BCUT2D eigenvalue weighted by Gasteiger charge is 2.19. The predicted molar refractivity (Wildman–Crippen MR) is 261 cm³/mol. The Hall–Kier alpha value is -1.59. The van der Waals surface area contributed by atoms with Gasteiger partial charge in [0.15, 0.2) is 6.10 Å². The van der Waals surface area contributed by atoms with Crippen molar-refractivity contribution in [3.05, 3.63) is 0 Å². The average Bonchev–Trinajstić information content (AvgIpc) is 3.23. The molecule has 0 aromatic heterocycles. The van der Waals surface area contributed by atoms with Gasteiger partial charge in [-0.2, -0.15) is 0 Å². The van der Waals surface area contributed by atoms with Crippen molar-refractivity contribution < 1.29 is 28.6 Å². The monoisotopic (exact) mass is 863 g/mol. The van der Waals surface area contributed by atoms with Crippen LogP contribution in [0.4, 0.5) is 0 Å². The Balaban J connectivity index is 4.22. The fourth-order valence-electron chi connectivity index (χ4n) is 8.34. The Morgan fingerprint density at radius 1 is 0.311 bits per heavy atom. The summed E-state index contributed by atoms with van der Waals surface area (Å²) < 4.78 is 16.8. The zero-order chi connectivity index (χ0) is 44.7. The highest BCUT2D eigenvalue weighted by atomic mass is 16.6. The van der Waals surface area contributed by atoms with Crippen LogP contribution in [0.2, 0.25) is 0 Å². The molecule has 0 aromatic rings. The molecule has 1 atom stereocenters. The van der Waals surface area contributed by atoms with E-state index in [4.69, 9.17) is 14.2 Å². The summed E-state index contributed by atoms with van der Waals surface area (Å²) in [4.78, 5) is 37.9. The summed E-state index contributed by atoms with van der Waals surface area (Å²) in [6.45, 7) is 11.4. The lowest BCUT2D eigenvalue weighted by Crippen LogP contribution is -2.30. The largest absolute Gasteiger partial charge is 0.462 e. The van der Waals surface area contributed by atoms with Gasteiger partial charge in [0.1, 0.15) is 13.2 Å². The van der Waals surface area contributed by atoms with Gasteiger partial charge >= 0.3 is 17.9 Å². The first kappa shape index (κ1) is 59.4. The molecule has 0 unspecified atom stereocenters. The van der Waals surface area contributed by atoms with Gasteiger partial charge in [0.2, 0.25) is 0 Å². The van der Waals surface area contributed by atoms with Gasteiger partial charge in [0, 0.05) is 19.3 Å². The molecule has 0 saturated carbocycles. The number of unbranched alkanes of at least 4 members (excludes halogenated alkanes) is 34. The number of carbonyl (C=O) groups is 3. The van der Waals surface area contributed by atoms with Gasteiger partial charge in [-0.1, -0.05) is 266 Å². The van der Waals surface area contributed by atoms with Gasteiger partial charge < -0.3 is 14.2 Å². The van der Waals surface area contributed by atoms with Gasteiger partial charge in [0.05, 0.1) is 0 Å². The Morgan fingerprint density at radius 2 is 0.541 bits per heavy atom. The third kappa shape index (κ3) is 49.3. The first-order valence-electron chi connectivity index (χ1n) is 27.2. The Labute approximate surface area is 380 Å². The molecule has 6 nitrogen and oxygen atoms in total. The van der Waals surface area contributed by atoms with Crippen LogP contribution in [0.1, 0.15) is 304 Å². The molecular formula is C55H106O6. The van der Waals surface area contributed by atoms with Crippen LogP contribution < -0.4 is 0 Å². The molecule has 0 radical (unpaired) electrons. The van der Waals surface area contributed by atoms with E-state index >= 15 is 0 Å². The topological polar surface area (TPSA) is 78.9 Å². The van der Waals surface area contributed by atoms with Crippen molar-refractivity contribution in [3.63, 3.8) is 0 Å². The minimum Gasteiger partial charge on any atom is -0.462 e. The van der Waals surface area contributed by atoms with Crippen LogP contribution in [0.5, 0.6) is 0 Å². The second-order valence-corrected chi connectivity index (χ2v) is 19.8. The number of carbonyl (C=O) groups excluding carboxylic acids is 3. The molecule has 0 amide bonds. The molecule has 6 heteroatoms. The molecule has 0 fully saturated rings. The summed E-state index contributed by atoms with van der Waals surface area (Å²) in [5.41, 5.74) is 0.